The molecule has 2 aromatic rings. The van der Waals surface area contributed by atoms with Gasteiger partial charge in [-0.25, -0.2) is 0 Å². The number of nitrogens with one attached hydrogen (secondary N) is 2. The zero-order valence-electron chi connectivity index (χ0n) is 18.0. The number of benzene rings is 1. The molecular weight excluding hydrogens is 358 g/mol. The Hall–Kier alpha value is -1.95. The second kappa shape index (κ2) is 9.24. The zero-order chi connectivity index (χ0) is 20.2. The van der Waals surface area contributed by atoms with Crippen molar-refractivity contribution in [2.75, 3.05) is 50.7 Å². The molecule has 0 spiro atoms. The fourth-order valence-electron chi connectivity index (χ4n) is 4.71. The first-order valence-corrected chi connectivity index (χ1v) is 11.0. The third kappa shape index (κ3) is 4.32. The minimum atomic E-state index is 0.285. The van der Waals surface area contributed by atoms with Crippen molar-refractivity contribution in [3.8, 4) is 0 Å². The van der Waals surface area contributed by atoms with Gasteiger partial charge in [0.1, 0.15) is 0 Å². The molecule has 2 fully saturated rings. The van der Waals surface area contributed by atoms with Crippen LogP contribution in [0.25, 0.3) is 0 Å². The monoisotopic (exact) mass is 392 g/mol. The van der Waals surface area contributed by atoms with Crippen LogP contribution in [0, 0.1) is 13.0 Å². The Morgan fingerprint density at radius 2 is 1.76 bits per heavy atom. The van der Waals surface area contributed by atoms with Crippen molar-refractivity contribution in [3.63, 3.8) is 0 Å². The number of rotatable bonds is 5. The average Bonchev–Trinajstić information content (AvgIpc) is 2.76. The van der Waals surface area contributed by atoms with Gasteiger partial charge in [-0.3, -0.25) is 9.88 Å². The molecule has 3 heterocycles. The van der Waals surface area contributed by atoms with Crippen LogP contribution in [0.4, 0.5) is 5.69 Å². The van der Waals surface area contributed by atoms with Gasteiger partial charge in [0.05, 0.1) is 17.4 Å². The summed E-state index contributed by atoms with van der Waals surface area (Å²) in [6, 6.07) is 14.9. The van der Waals surface area contributed by atoms with Crippen LogP contribution in [-0.4, -0.2) is 61.7 Å². The van der Waals surface area contributed by atoms with Gasteiger partial charge in [0.2, 0.25) is 0 Å². The van der Waals surface area contributed by atoms with Crippen LogP contribution >= 0.6 is 0 Å². The van der Waals surface area contributed by atoms with Crippen molar-refractivity contribution >= 4 is 5.69 Å². The lowest BCUT2D eigenvalue weighted by molar-refractivity contribution is 0.178. The van der Waals surface area contributed by atoms with Gasteiger partial charge in [0.25, 0.3) is 0 Å². The Morgan fingerprint density at radius 1 is 1.03 bits per heavy atom. The summed E-state index contributed by atoms with van der Waals surface area (Å²) in [7, 11) is 0. The minimum Gasteiger partial charge on any atom is -0.367 e. The molecule has 5 nitrogen and oxygen atoms in total. The topological polar surface area (TPSA) is 43.4 Å². The number of pyridine rings is 1. The molecule has 29 heavy (non-hydrogen) atoms. The third-order valence-electron chi connectivity index (χ3n) is 6.32. The Bertz CT molecular complexity index is 787. The highest BCUT2D eigenvalue weighted by Crippen LogP contribution is 2.40. The lowest BCUT2D eigenvalue weighted by Crippen LogP contribution is -2.53. The van der Waals surface area contributed by atoms with Crippen molar-refractivity contribution in [3.05, 3.63) is 65.5 Å². The molecule has 0 saturated carbocycles. The van der Waals surface area contributed by atoms with Crippen molar-refractivity contribution in [2.24, 2.45) is 0 Å². The molecule has 1 aromatic carbocycles. The fourth-order valence-corrected chi connectivity index (χ4v) is 4.71. The van der Waals surface area contributed by atoms with E-state index in [4.69, 9.17) is 4.98 Å². The molecule has 0 amide bonds. The number of anilines is 1. The van der Waals surface area contributed by atoms with E-state index in [0.29, 0.717) is 6.04 Å². The van der Waals surface area contributed by atoms with Crippen LogP contribution in [0.5, 0.6) is 0 Å². The maximum Gasteiger partial charge on any atom is 0.0975 e. The maximum absolute atomic E-state index is 5.01. The van der Waals surface area contributed by atoms with Crippen LogP contribution in [0.2, 0.25) is 0 Å². The molecule has 4 rings (SSSR count). The predicted molar refractivity (Wildman–Crippen MR) is 120 cm³/mol. The van der Waals surface area contributed by atoms with Gasteiger partial charge < -0.3 is 15.5 Å². The highest BCUT2D eigenvalue weighted by atomic mass is 15.3. The van der Waals surface area contributed by atoms with Crippen molar-refractivity contribution in [1.29, 1.82) is 0 Å². The van der Waals surface area contributed by atoms with Crippen LogP contribution in [0.3, 0.4) is 0 Å². The van der Waals surface area contributed by atoms with E-state index in [1.54, 1.807) is 0 Å². The fraction of sp³-hybridized carbons (Fsp3) is 0.500. The van der Waals surface area contributed by atoms with Crippen molar-refractivity contribution < 1.29 is 0 Å². The first kappa shape index (κ1) is 20.3. The summed E-state index contributed by atoms with van der Waals surface area (Å²) in [6.45, 7) is 14.1. The highest BCUT2D eigenvalue weighted by Gasteiger charge is 2.36. The van der Waals surface area contributed by atoms with Crippen molar-refractivity contribution in [2.45, 2.75) is 32.7 Å². The van der Waals surface area contributed by atoms with Crippen LogP contribution in [-0.2, 0) is 0 Å². The molecule has 1 aromatic heterocycles. The molecule has 2 aliphatic heterocycles. The maximum atomic E-state index is 5.01. The predicted octanol–water partition coefficient (Wildman–Crippen LogP) is 2.78. The number of aryl methyl sites for hydroxylation is 1. The van der Waals surface area contributed by atoms with Gasteiger partial charge in [-0.05, 0) is 31.0 Å². The summed E-state index contributed by atoms with van der Waals surface area (Å²) in [6.07, 6.45) is 1.99. The van der Waals surface area contributed by atoms with E-state index in [2.05, 4.69) is 77.6 Å². The lowest BCUT2D eigenvalue weighted by atomic mass is 9.87. The number of hydrogen-bond donors (Lipinski definition) is 2. The quantitative estimate of drug-likeness (QED) is 0.819. The molecule has 1 radical (unpaired) electrons. The molecule has 0 bridgehead atoms. The smallest absolute Gasteiger partial charge is 0.0975 e. The van der Waals surface area contributed by atoms with Gasteiger partial charge in [0, 0.05) is 64.0 Å². The van der Waals surface area contributed by atoms with Gasteiger partial charge in [-0.2, -0.15) is 0 Å². The number of nitrogens with zero attached hydrogens (tertiary/aromatic N) is 3. The highest BCUT2D eigenvalue weighted by molar-refractivity contribution is 5.62. The molecule has 5 heteroatoms. The Labute approximate surface area is 175 Å². The normalized spacial score (nSPS) is 22.1. The van der Waals surface area contributed by atoms with E-state index in [0.717, 1.165) is 51.5 Å². The second-order valence-electron chi connectivity index (χ2n) is 8.33. The SMILES string of the molecule is Cc1ccnc([C](C(C)c2ccccc2)N2CCNCC2C)c1N1CCNCC1. The molecule has 155 valence electrons. The van der Waals surface area contributed by atoms with Gasteiger partial charge in [-0.1, -0.05) is 37.3 Å². The number of hydrogen-bond acceptors (Lipinski definition) is 5. The second-order valence-corrected chi connectivity index (χ2v) is 8.33. The first-order valence-electron chi connectivity index (χ1n) is 11.0. The summed E-state index contributed by atoms with van der Waals surface area (Å²) in [5.41, 5.74) is 5.15. The van der Waals surface area contributed by atoms with Crippen molar-refractivity contribution in [1.82, 2.24) is 20.5 Å². The van der Waals surface area contributed by atoms with Gasteiger partial charge in [0.15, 0.2) is 0 Å². The zero-order valence-corrected chi connectivity index (χ0v) is 18.0. The minimum absolute atomic E-state index is 0.285. The van der Waals surface area contributed by atoms with Gasteiger partial charge >= 0.3 is 0 Å². The largest absolute Gasteiger partial charge is 0.367 e. The van der Waals surface area contributed by atoms with E-state index in [9.17, 15) is 0 Å². The molecule has 2 atom stereocenters. The molecule has 0 aliphatic carbocycles. The van der Waals surface area contributed by atoms with E-state index < -0.39 is 0 Å². The molecule has 2 N–H and O–H groups in total. The number of piperazine rings is 2. The standard InChI is InChI=1S/C24H34N5/c1-18-9-10-27-22(23(18)28-14-11-25-12-15-28)24(29-16-13-26-17-19(29)2)20(3)21-7-5-4-6-8-21/h4-10,19-20,25-26H,11-17H2,1-3H3. The summed E-state index contributed by atoms with van der Waals surface area (Å²) >= 11 is 0. The molecule has 2 unspecified atom stereocenters. The van der Waals surface area contributed by atoms with E-state index in [1.165, 1.54) is 22.9 Å². The average molecular weight is 393 g/mol. The summed E-state index contributed by atoms with van der Waals surface area (Å²) in [5.74, 6) is 0.285. The summed E-state index contributed by atoms with van der Waals surface area (Å²) < 4.78 is 0. The first-order chi connectivity index (χ1) is 14.2. The third-order valence-corrected chi connectivity index (χ3v) is 6.32. The number of aromatic nitrogens is 1. The molecule has 2 saturated heterocycles. The Morgan fingerprint density at radius 3 is 2.48 bits per heavy atom. The van der Waals surface area contributed by atoms with Crippen LogP contribution < -0.4 is 15.5 Å². The molecule has 2 aliphatic rings. The van der Waals surface area contributed by atoms with E-state index in [-0.39, 0.29) is 5.92 Å². The summed E-state index contributed by atoms with van der Waals surface area (Å²) in [5, 5.41) is 7.03. The van der Waals surface area contributed by atoms with Crippen LogP contribution in [0.15, 0.2) is 42.6 Å². The summed E-state index contributed by atoms with van der Waals surface area (Å²) in [4.78, 5) is 10.1. The Balaban J connectivity index is 1.80. The van der Waals surface area contributed by atoms with Crippen LogP contribution in [0.1, 0.15) is 36.6 Å². The Kier molecular flexibility index (Phi) is 6.48. The van der Waals surface area contributed by atoms with E-state index >= 15 is 0 Å². The van der Waals surface area contributed by atoms with Gasteiger partial charge in [-0.15, -0.1) is 0 Å². The molecular formula is C24H34N5. The van der Waals surface area contributed by atoms with E-state index in [1.807, 2.05) is 6.20 Å². The lowest BCUT2D eigenvalue weighted by Gasteiger charge is -2.43.